The van der Waals surface area contributed by atoms with Crippen molar-refractivity contribution in [3.63, 3.8) is 0 Å². The van der Waals surface area contributed by atoms with E-state index >= 15 is 0 Å². The zero-order valence-electron chi connectivity index (χ0n) is 14.3. The molecule has 1 aromatic rings. The Bertz CT molecular complexity index is 548. The van der Waals surface area contributed by atoms with E-state index in [0.717, 1.165) is 43.7 Å². The smallest absolute Gasteiger partial charge is 0.234 e. The molecule has 2 aliphatic rings. The van der Waals surface area contributed by atoms with Crippen LogP contribution in [0, 0.1) is 0 Å². The molecule has 1 amide bonds. The predicted octanol–water partition coefficient (Wildman–Crippen LogP) is 1.19. The van der Waals surface area contributed by atoms with Crippen LogP contribution in [-0.4, -0.2) is 63.1 Å². The maximum absolute atomic E-state index is 12.1. The first kappa shape index (κ1) is 17.2. The summed E-state index contributed by atoms with van der Waals surface area (Å²) in [7, 11) is 1.66. The number of carbonyl (C=O) groups excluding carboxylic acids is 1. The Morgan fingerprint density at radius 1 is 1.25 bits per heavy atom. The van der Waals surface area contributed by atoms with Gasteiger partial charge < -0.3 is 19.5 Å². The van der Waals surface area contributed by atoms with Crippen LogP contribution in [0.1, 0.15) is 18.4 Å². The van der Waals surface area contributed by atoms with Crippen LogP contribution >= 0.6 is 0 Å². The number of hydrogen-bond acceptors (Lipinski definition) is 5. The fraction of sp³-hybridized carbons (Fsp3) is 0.611. The van der Waals surface area contributed by atoms with E-state index in [1.165, 1.54) is 0 Å². The molecule has 6 heteroatoms. The Morgan fingerprint density at radius 3 is 2.67 bits per heavy atom. The number of amides is 1. The standard InChI is InChI=1S/C18H26N2O4/c1-22-16-5-3-2-4-15(16)6-9-19-17(21)14-20-10-7-18(8-11-20)23-12-13-24-18/h2-5H,6-14H2,1H3,(H,19,21). The summed E-state index contributed by atoms with van der Waals surface area (Å²) in [5.41, 5.74) is 1.11. The Labute approximate surface area is 143 Å². The van der Waals surface area contributed by atoms with Gasteiger partial charge in [0.2, 0.25) is 5.91 Å². The third-order valence-electron chi connectivity index (χ3n) is 4.71. The van der Waals surface area contributed by atoms with Crippen molar-refractivity contribution in [2.24, 2.45) is 0 Å². The quantitative estimate of drug-likeness (QED) is 0.847. The van der Waals surface area contributed by atoms with Gasteiger partial charge in [-0.05, 0) is 18.1 Å². The number of methoxy groups -OCH3 is 1. The zero-order valence-corrected chi connectivity index (χ0v) is 14.3. The van der Waals surface area contributed by atoms with Crippen molar-refractivity contribution in [3.8, 4) is 5.75 Å². The third-order valence-corrected chi connectivity index (χ3v) is 4.71. The highest BCUT2D eigenvalue weighted by atomic mass is 16.7. The number of ether oxygens (including phenoxy) is 3. The number of nitrogens with zero attached hydrogens (tertiary/aromatic N) is 1. The molecule has 6 nitrogen and oxygen atoms in total. The molecular weight excluding hydrogens is 308 g/mol. The second-order valence-corrected chi connectivity index (χ2v) is 6.30. The molecule has 0 bridgehead atoms. The van der Waals surface area contributed by atoms with Crippen LogP contribution in [-0.2, 0) is 20.7 Å². The number of hydrogen-bond donors (Lipinski definition) is 1. The van der Waals surface area contributed by atoms with E-state index < -0.39 is 0 Å². The van der Waals surface area contributed by atoms with Crippen molar-refractivity contribution >= 4 is 5.91 Å². The first-order chi connectivity index (χ1) is 11.7. The average Bonchev–Trinajstić information content (AvgIpc) is 3.06. The molecule has 24 heavy (non-hydrogen) atoms. The van der Waals surface area contributed by atoms with E-state index in [2.05, 4.69) is 10.2 Å². The minimum Gasteiger partial charge on any atom is -0.496 e. The molecule has 2 saturated heterocycles. The molecular formula is C18H26N2O4. The second kappa shape index (κ2) is 7.96. The van der Waals surface area contributed by atoms with Crippen molar-refractivity contribution in [2.45, 2.75) is 25.0 Å². The summed E-state index contributed by atoms with van der Waals surface area (Å²) < 4.78 is 16.7. The topological polar surface area (TPSA) is 60.0 Å². The molecule has 2 fully saturated rings. The van der Waals surface area contributed by atoms with Gasteiger partial charge in [0.05, 0.1) is 26.9 Å². The Hall–Kier alpha value is -1.63. The van der Waals surface area contributed by atoms with Crippen molar-refractivity contribution < 1.29 is 19.0 Å². The van der Waals surface area contributed by atoms with Crippen molar-refractivity contribution in [1.29, 1.82) is 0 Å². The molecule has 2 aliphatic heterocycles. The largest absolute Gasteiger partial charge is 0.496 e. The van der Waals surface area contributed by atoms with Crippen LogP contribution in [0.15, 0.2) is 24.3 Å². The predicted molar refractivity (Wildman–Crippen MR) is 90.0 cm³/mol. The van der Waals surface area contributed by atoms with Crippen LogP contribution in [0.5, 0.6) is 5.75 Å². The normalized spacial score (nSPS) is 20.2. The molecule has 0 unspecified atom stereocenters. The van der Waals surface area contributed by atoms with Gasteiger partial charge in [-0.25, -0.2) is 0 Å². The highest BCUT2D eigenvalue weighted by molar-refractivity contribution is 5.78. The van der Waals surface area contributed by atoms with E-state index in [1.807, 2.05) is 24.3 Å². The van der Waals surface area contributed by atoms with E-state index in [9.17, 15) is 4.79 Å². The van der Waals surface area contributed by atoms with Crippen LogP contribution in [0.4, 0.5) is 0 Å². The number of likely N-dealkylation sites (tertiary alicyclic amines) is 1. The zero-order chi connectivity index (χ0) is 16.8. The molecule has 2 heterocycles. The van der Waals surface area contributed by atoms with Gasteiger partial charge in [-0.1, -0.05) is 18.2 Å². The van der Waals surface area contributed by atoms with E-state index in [-0.39, 0.29) is 11.7 Å². The van der Waals surface area contributed by atoms with Crippen LogP contribution in [0.2, 0.25) is 0 Å². The number of rotatable bonds is 6. The van der Waals surface area contributed by atoms with Crippen LogP contribution in [0.3, 0.4) is 0 Å². The third kappa shape index (κ3) is 4.26. The summed E-state index contributed by atoms with van der Waals surface area (Å²) in [6.45, 7) is 4.08. The maximum atomic E-state index is 12.1. The SMILES string of the molecule is COc1ccccc1CCNC(=O)CN1CCC2(CC1)OCCO2. The lowest BCUT2D eigenvalue weighted by Crippen LogP contribution is -2.48. The second-order valence-electron chi connectivity index (χ2n) is 6.30. The van der Waals surface area contributed by atoms with E-state index in [4.69, 9.17) is 14.2 Å². The van der Waals surface area contributed by atoms with Crippen molar-refractivity contribution in [2.75, 3.05) is 46.5 Å². The van der Waals surface area contributed by atoms with Gasteiger partial charge in [-0.2, -0.15) is 0 Å². The van der Waals surface area contributed by atoms with Crippen molar-refractivity contribution in [1.82, 2.24) is 10.2 Å². The molecule has 0 radical (unpaired) electrons. The molecule has 132 valence electrons. The highest BCUT2D eigenvalue weighted by Crippen LogP contribution is 2.30. The first-order valence-corrected chi connectivity index (χ1v) is 8.60. The summed E-state index contributed by atoms with van der Waals surface area (Å²) in [5.74, 6) is 0.551. The summed E-state index contributed by atoms with van der Waals surface area (Å²) in [6, 6.07) is 7.89. The number of piperidine rings is 1. The maximum Gasteiger partial charge on any atom is 0.234 e. The Balaban J connectivity index is 1.37. The molecule has 1 aromatic carbocycles. The highest BCUT2D eigenvalue weighted by Gasteiger charge is 2.39. The number of benzene rings is 1. The fourth-order valence-corrected chi connectivity index (χ4v) is 3.34. The van der Waals surface area contributed by atoms with Crippen molar-refractivity contribution in [3.05, 3.63) is 29.8 Å². The monoisotopic (exact) mass is 334 g/mol. The van der Waals surface area contributed by atoms with Gasteiger partial charge in [-0.3, -0.25) is 9.69 Å². The van der Waals surface area contributed by atoms with Gasteiger partial charge in [0.15, 0.2) is 5.79 Å². The lowest BCUT2D eigenvalue weighted by atomic mass is 10.0. The summed E-state index contributed by atoms with van der Waals surface area (Å²) in [6.07, 6.45) is 2.43. The number of carbonyl (C=O) groups is 1. The van der Waals surface area contributed by atoms with Gasteiger partial charge >= 0.3 is 0 Å². The Kier molecular flexibility index (Phi) is 5.71. The molecule has 1 spiro atoms. The Morgan fingerprint density at radius 2 is 1.96 bits per heavy atom. The number of para-hydroxylation sites is 1. The summed E-state index contributed by atoms with van der Waals surface area (Å²) in [5, 5.41) is 2.99. The lowest BCUT2D eigenvalue weighted by molar-refractivity contribution is -0.185. The average molecular weight is 334 g/mol. The lowest BCUT2D eigenvalue weighted by Gasteiger charge is -2.37. The van der Waals surface area contributed by atoms with Gasteiger partial charge in [-0.15, -0.1) is 0 Å². The minimum atomic E-state index is -0.378. The first-order valence-electron chi connectivity index (χ1n) is 8.60. The molecule has 0 atom stereocenters. The summed E-state index contributed by atoms with van der Waals surface area (Å²) in [4.78, 5) is 14.3. The molecule has 0 aliphatic carbocycles. The number of nitrogens with one attached hydrogen (secondary N) is 1. The molecule has 3 rings (SSSR count). The molecule has 0 saturated carbocycles. The minimum absolute atomic E-state index is 0.0640. The summed E-state index contributed by atoms with van der Waals surface area (Å²) >= 11 is 0. The molecule has 0 aromatic heterocycles. The fourth-order valence-electron chi connectivity index (χ4n) is 3.34. The molecule has 1 N–H and O–H groups in total. The van der Waals surface area contributed by atoms with E-state index in [0.29, 0.717) is 26.3 Å². The van der Waals surface area contributed by atoms with Crippen LogP contribution < -0.4 is 10.1 Å². The van der Waals surface area contributed by atoms with E-state index in [1.54, 1.807) is 7.11 Å². The van der Waals surface area contributed by atoms with Gasteiger partial charge in [0, 0.05) is 32.5 Å². The van der Waals surface area contributed by atoms with Crippen LogP contribution in [0.25, 0.3) is 0 Å². The van der Waals surface area contributed by atoms with Gasteiger partial charge in [0.1, 0.15) is 5.75 Å². The van der Waals surface area contributed by atoms with Gasteiger partial charge in [0.25, 0.3) is 0 Å².